The number of pyridine rings is 1. The Morgan fingerprint density at radius 1 is 0.914 bits per heavy atom. The number of nitrogens with one attached hydrogen (secondary N) is 2. The van der Waals surface area contributed by atoms with E-state index in [1.165, 1.54) is 59.4 Å². The van der Waals surface area contributed by atoms with Gasteiger partial charge in [0.15, 0.2) is 11.5 Å². The predicted octanol–water partition coefficient (Wildman–Crippen LogP) is 5.19. The van der Waals surface area contributed by atoms with Crippen molar-refractivity contribution in [3.05, 3.63) is 135 Å². The minimum atomic E-state index is -4.75. The fourth-order valence-corrected chi connectivity index (χ4v) is 7.42. The molecule has 0 aliphatic carbocycles. The molecule has 3 N–H and O–H groups in total. The highest BCUT2D eigenvalue weighted by atomic mass is 32.2. The van der Waals surface area contributed by atoms with E-state index in [0.29, 0.717) is 12.3 Å². The molecular formula is C38H31F3N8O7S2. The van der Waals surface area contributed by atoms with Crippen LogP contribution in [-0.4, -0.2) is 88.8 Å². The number of benzene rings is 3. The number of nitro benzene ring substituents is 1. The van der Waals surface area contributed by atoms with Crippen LogP contribution >= 0.6 is 11.8 Å². The van der Waals surface area contributed by atoms with E-state index in [1.54, 1.807) is 4.90 Å². The Labute approximate surface area is 333 Å². The second kappa shape index (κ2) is 17.6. The number of amides is 2. The number of aromatic nitrogens is 3. The molecule has 3 aromatic carbocycles. The van der Waals surface area contributed by atoms with Crippen molar-refractivity contribution < 1.29 is 41.2 Å². The van der Waals surface area contributed by atoms with Crippen LogP contribution in [0, 0.1) is 22.0 Å². The van der Waals surface area contributed by atoms with Crippen molar-refractivity contribution in [2.45, 2.75) is 16.0 Å². The third-order valence-corrected chi connectivity index (χ3v) is 10.8. The fourth-order valence-electron chi connectivity index (χ4n) is 5.65. The number of sulfonamides is 1. The summed E-state index contributed by atoms with van der Waals surface area (Å²) in [5.74, 6) is 4.13. The second-order valence-electron chi connectivity index (χ2n) is 12.5. The Morgan fingerprint density at radius 3 is 2.33 bits per heavy atom. The molecule has 0 atom stereocenters. The van der Waals surface area contributed by atoms with E-state index in [9.17, 15) is 46.4 Å². The van der Waals surface area contributed by atoms with Gasteiger partial charge in [-0.15, -0.1) is 22.0 Å². The minimum absolute atomic E-state index is 0.0658. The molecule has 2 aromatic heterocycles. The van der Waals surface area contributed by atoms with E-state index < -0.39 is 49.1 Å². The summed E-state index contributed by atoms with van der Waals surface area (Å²) in [4.78, 5) is 44.7. The molecule has 15 nitrogen and oxygen atoms in total. The topological polar surface area (TPSA) is 201 Å². The van der Waals surface area contributed by atoms with Gasteiger partial charge >= 0.3 is 6.18 Å². The molecule has 298 valence electrons. The second-order valence-corrected chi connectivity index (χ2v) is 15.3. The first kappa shape index (κ1) is 40.9. The third-order valence-electron chi connectivity index (χ3n) is 8.49. The molecule has 0 radical (unpaired) electrons. The largest absolute Gasteiger partial charge is 0.506 e. The van der Waals surface area contributed by atoms with Crippen LogP contribution in [0.5, 0.6) is 5.75 Å². The molecule has 0 spiro atoms. The Balaban J connectivity index is 1.06. The number of nitrogens with zero attached hydrogens (tertiary/aromatic N) is 6. The van der Waals surface area contributed by atoms with Gasteiger partial charge in [-0.2, -0.15) is 13.2 Å². The van der Waals surface area contributed by atoms with E-state index >= 15 is 0 Å². The molecule has 1 saturated heterocycles. The van der Waals surface area contributed by atoms with Gasteiger partial charge in [0.25, 0.3) is 27.5 Å². The number of hydrogen-bond donors (Lipinski definition) is 3. The zero-order chi connectivity index (χ0) is 41.5. The van der Waals surface area contributed by atoms with Gasteiger partial charge in [0.1, 0.15) is 11.4 Å². The van der Waals surface area contributed by atoms with Gasteiger partial charge in [0.2, 0.25) is 0 Å². The van der Waals surface area contributed by atoms with E-state index in [0.717, 1.165) is 29.2 Å². The van der Waals surface area contributed by atoms with Crippen molar-refractivity contribution in [2.24, 2.45) is 0 Å². The smallest absolute Gasteiger partial charge is 0.416 e. The van der Waals surface area contributed by atoms with Crippen LogP contribution in [-0.2, 0) is 16.2 Å². The highest BCUT2D eigenvalue weighted by Gasteiger charge is 2.33. The highest BCUT2D eigenvalue weighted by molar-refractivity contribution is 7.99. The first-order valence-corrected chi connectivity index (χ1v) is 19.7. The van der Waals surface area contributed by atoms with Crippen LogP contribution in [0.2, 0.25) is 0 Å². The molecule has 1 aliphatic heterocycles. The molecule has 20 heteroatoms. The number of nitro groups is 1. The molecule has 58 heavy (non-hydrogen) atoms. The van der Waals surface area contributed by atoms with E-state index in [-0.39, 0.29) is 65.8 Å². The fraction of sp³-hybridized carbons (Fsp3) is 0.184. The molecule has 6 rings (SSSR count). The van der Waals surface area contributed by atoms with E-state index in [2.05, 4.69) is 32.3 Å². The molecule has 0 bridgehead atoms. The van der Waals surface area contributed by atoms with Gasteiger partial charge in [-0.25, -0.2) is 13.1 Å². The summed E-state index contributed by atoms with van der Waals surface area (Å²) in [6.45, 7) is 0.948. The molecule has 0 unspecified atom stereocenters. The van der Waals surface area contributed by atoms with Crippen LogP contribution in [0.25, 0.3) is 0 Å². The van der Waals surface area contributed by atoms with Gasteiger partial charge in [-0.1, -0.05) is 30.0 Å². The van der Waals surface area contributed by atoms with Gasteiger partial charge in [-0.3, -0.25) is 24.7 Å². The number of hydrogen-bond acceptors (Lipinski definition) is 13. The zero-order valence-electron chi connectivity index (χ0n) is 30.0. The lowest BCUT2D eigenvalue weighted by Gasteiger charge is -2.35. The standard InChI is InChI=1S/C38H31F3N8O7S2/c39-38(40,41)28-19-25(6-7-26-20-29(50)24-42-23-26)18-27(21-28)37(52)48-15-13-47(14-16-48)35-11-10-33(44-45-35)36(51)46-58(55,56)31-8-9-32(34(22-31)49(53)54)43-12-17-57-30-4-2-1-3-5-30/h1-5,8-11,18-24,43,50H,12-17H2,(H,46,51). The molecule has 3 heterocycles. The van der Waals surface area contributed by atoms with Crippen LogP contribution in [0.15, 0.2) is 107 Å². The lowest BCUT2D eigenvalue weighted by molar-refractivity contribution is -0.384. The van der Waals surface area contributed by atoms with Crippen LogP contribution in [0.3, 0.4) is 0 Å². The summed E-state index contributed by atoms with van der Waals surface area (Å²) in [5.41, 5.74) is -1.85. The maximum absolute atomic E-state index is 13.8. The Bertz CT molecular complexity index is 2510. The number of carbonyl (C=O) groups is 2. The Morgan fingerprint density at radius 2 is 1.66 bits per heavy atom. The number of aromatic hydroxyl groups is 1. The lowest BCUT2D eigenvalue weighted by atomic mass is 10.0. The van der Waals surface area contributed by atoms with Crippen molar-refractivity contribution >= 4 is 50.8 Å². The molecule has 2 amide bonds. The third kappa shape index (κ3) is 10.4. The van der Waals surface area contributed by atoms with Gasteiger partial charge in [-0.05, 0) is 60.7 Å². The Hall–Kier alpha value is -6.72. The van der Waals surface area contributed by atoms with E-state index in [1.807, 2.05) is 35.1 Å². The average molecular weight is 833 g/mol. The van der Waals surface area contributed by atoms with Crippen LogP contribution in [0.4, 0.5) is 30.4 Å². The average Bonchev–Trinajstić information content (AvgIpc) is 3.21. The number of rotatable bonds is 11. The van der Waals surface area contributed by atoms with Gasteiger partial charge in [0.05, 0.1) is 21.6 Å². The summed E-state index contributed by atoms with van der Waals surface area (Å²) >= 11 is 1.54. The number of halogens is 3. The number of thioether (sulfide) groups is 1. The minimum Gasteiger partial charge on any atom is -0.506 e. The van der Waals surface area contributed by atoms with Crippen molar-refractivity contribution in [1.82, 2.24) is 24.8 Å². The SMILES string of the molecule is O=C(NS(=O)(=O)c1ccc(NCCSc2ccccc2)c([N+](=O)[O-])c1)c1ccc(N2CCN(C(=O)c3cc(C#Cc4cncc(O)c4)cc(C(F)(F)F)c3)CC2)nn1. The molecule has 0 saturated carbocycles. The molecular weight excluding hydrogens is 802 g/mol. The quantitative estimate of drug-likeness (QED) is 0.0517. The number of piperazine rings is 1. The predicted molar refractivity (Wildman–Crippen MR) is 207 cm³/mol. The summed E-state index contributed by atoms with van der Waals surface area (Å²) in [6.07, 6.45) is -2.25. The lowest BCUT2D eigenvalue weighted by Crippen LogP contribution is -2.49. The zero-order valence-corrected chi connectivity index (χ0v) is 31.6. The van der Waals surface area contributed by atoms with Crippen LogP contribution in [0.1, 0.15) is 37.5 Å². The van der Waals surface area contributed by atoms with Crippen molar-refractivity contribution in [2.75, 3.05) is 48.7 Å². The monoisotopic (exact) mass is 832 g/mol. The molecule has 1 fully saturated rings. The maximum atomic E-state index is 13.8. The number of carbonyl (C=O) groups excluding carboxylic acids is 2. The summed E-state index contributed by atoms with van der Waals surface area (Å²) in [6, 6.07) is 19.5. The van der Waals surface area contributed by atoms with E-state index in [4.69, 9.17) is 0 Å². The highest BCUT2D eigenvalue weighted by Crippen LogP contribution is 2.32. The maximum Gasteiger partial charge on any atom is 0.416 e. The van der Waals surface area contributed by atoms with Crippen molar-refractivity contribution in [3.63, 3.8) is 0 Å². The number of anilines is 2. The first-order chi connectivity index (χ1) is 27.7. The summed E-state index contributed by atoms with van der Waals surface area (Å²) < 4.78 is 69.3. The van der Waals surface area contributed by atoms with Crippen LogP contribution < -0.4 is 14.9 Å². The summed E-state index contributed by atoms with van der Waals surface area (Å²) in [7, 11) is -4.57. The van der Waals surface area contributed by atoms with Gasteiger partial charge < -0.3 is 20.2 Å². The van der Waals surface area contributed by atoms with Gasteiger partial charge in [0, 0.05) is 72.3 Å². The van der Waals surface area contributed by atoms with Crippen molar-refractivity contribution in [3.8, 4) is 17.6 Å². The molecule has 5 aromatic rings. The normalized spacial score (nSPS) is 12.9. The number of alkyl halides is 3. The first-order valence-electron chi connectivity index (χ1n) is 17.2. The molecule has 1 aliphatic rings. The Kier molecular flexibility index (Phi) is 12.4. The van der Waals surface area contributed by atoms with Crippen molar-refractivity contribution in [1.29, 1.82) is 0 Å². The summed E-state index contributed by atoms with van der Waals surface area (Å²) in [5, 5.41) is 32.2.